The molecule has 0 saturated heterocycles. The van der Waals surface area contributed by atoms with Crippen molar-refractivity contribution in [2.75, 3.05) is 0 Å². The molecule has 0 heterocycles. The third-order valence-electron chi connectivity index (χ3n) is 0.963. The molecule has 0 aliphatic heterocycles. The summed E-state index contributed by atoms with van der Waals surface area (Å²) < 4.78 is 0. The van der Waals surface area contributed by atoms with E-state index in [1.165, 1.54) is 11.8 Å². The fraction of sp³-hybridized carbons (Fsp3) is 0. The summed E-state index contributed by atoms with van der Waals surface area (Å²) in [6, 6.07) is 7.62. The van der Waals surface area contributed by atoms with Crippen molar-refractivity contribution in [1.82, 2.24) is 0 Å². The molecule has 0 unspecified atom stereocenters. The Bertz CT molecular complexity index is 198. The van der Waals surface area contributed by atoms with Crippen LogP contribution in [0.2, 0.25) is 5.02 Å². The second kappa shape index (κ2) is 3.14. The Morgan fingerprint density at radius 2 is 2.22 bits per heavy atom. The summed E-state index contributed by atoms with van der Waals surface area (Å²) in [5.41, 5.74) is 0. The summed E-state index contributed by atoms with van der Waals surface area (Å²) in [5, 5.41) is 0.767. The van der Waals surface area contributed by atoms with Gasteiger partial charge in [0.25, 0.3) is 0 Å². The monoisotopic (exact) mass is 157 g/mol. The molecule has 0 aliphatic rings. The van der Waals surface area contributed by atoms with E-state index < -0.39 is 0 Å². The summed E-state index contributed by atoms with van der Waals surface area (Å²) >= 11 is 7.13. The van der Waals surface area contributed by atoms with Gasteiger partial charge < -0.3 is 0 Å². The predicted octanol–water partition coefficient (Wildman–Crippen LogP) is 3.22. The van der Waals surface area contributed by atoms with Crippen LogP contribution in [0, 0.1) is 6.26 Å². The fourth-order valence-corrected chi connectivity index (χ4v) is 1.20. The zero-order valence-corrected chi connectivity index (χ0v) is 6.38. The first-order valence-electron chi connectivity index (χ1n) is 2.50. The van der Waals surface area contributed by atoms with Gasteiger partial charge in [0.05, 0.1) is 0 Å². The molecule has 0 bridgehead atoms. The summed E-state index contributed by atoms with van der Waals surface area (Å²) in [6.07, 6.45) is 3.66. The number of thioether (sulfide) groups is 1. The quantitative estimate of drug-likeness (QED) is 0.564. The lowest BCUT2D eigenvalue weighted by Gasteiger charge is -1.93. The van der Waals surface area contributed by atoms with Gasteiger partial charge in [0.1, 0.15) is 0 Å². The molecule has 0 aromatic heterocycles. The SMILES string of the molecule is [CH2]Sc1cccc(Cl)c1. The minimum absolute atomic E-state index is 0.767. The second-order valence-corrected chi connectivity index (χ2v) is 2.80. The minimum Gasteiger partial charge on any atom is -0.125 e. The molecule has 47 valence electrons. The molecule has 0 atom stereocenters. The first-order chi connectivity index (χ1) is 4.33. The second-order valence-electron chi connectivity index (χ2n) is 1.60. The van der Waals surface area contributed by atoms with Gasteiger partial charge in [-0.2, -0.15) is 0 Å². The van der Waals surface area contributed by atoms with Crippen LogP contribution in [-0.4, -0.2) is 0 Å². The maximum absolute atomic E-state index is 5.68. The molecule has 0 amide bonds. The van der Waals surface area contributed by atoms with Gasteiger partial charge in [-0.1, -0.05) is 17.7 Å². The number of rotatable bonds is 1. The molecule has 0 spiro atoms. The van der Waals surface area contributed by atoms with Crippen molar-refractivity contribution < 1.29 is 0 Å². The van der Waals surface area contributed by atoms with E-state index in [9.17, 15) is 0 Å². The highest BCUT2D eigenvalue weighted by molar-refractivity contribution is 8.00. The van der Waals surface area contributed by atoms with Crippen LogP contribution in [0.4, 0.5) is 0 Å². The number of halogens is 1. The number of hydrogen-bond donors (Lipinski definition) is 0. The van der Waals surface area contributed by atoms with E-state index in [4.69, 9.17) is 11.6 Å². The standard InChI is InChI=1S/C7H6ClS/c1-9-7-4-2-3-6(8)5-7/h2-5H,1H2. The molecule has 1 aromatic carbocycles. The maximum atomic E-state index is 5.68. The van der Waals surface area contributed by atoms with Gasteiger partial charge in [-0.05, 0) is 18.2 Å². The lowest BCUT2D eigenvalue weighted by molar-refractivity contribution is 1.47. The molecule has 0 nitrogen and oxygen atoms in total. The van der Waals surface area contributed by atoms with Gasteiger partial charge in [0.2, 0.25) is 0 Å². The van der Waals surface area contributed by atoms with E-state index in [0.29, 0.717) is 0 Å². The van der Waals surface area contributed by atoms with Crippen molar-refractivity contribution in [2.24, 2.45) is 0 Å². The average Bonchev–Trinajstić information content (AvgIpc) is 1.88. The van der Waals surface area contributed by atoms with Crippen LogP contribution in [0.1, 0.15) is 0 Å². The highest BCUT2D eigenvalue weighted by Crippen LogP contribution is 2.19. The van der Waals surface area contributed by atoms with Crippen LogP contribution in [0.25, 0.3) is 0 Å². The van der Waals surface area contributed by atoms with Crippen molar-refractivity contribution in [2.45, 2.75) is 4.90 Å². The van der Waals surface area contributed by atoms with E-state index in [1.54, 1.807) is 0 Å². The van der Waals surface area contributed by atoms with Crippen LogP contribution in [-0.2, 0) is 0 Å². The maximum Gasteiger partial charge on any atom is 0.0417 e. The highest BCUT2D eigenvalue weighted by atomic mass is 35.5. The molecular formula is C7H6ClS. The Balaban J connectivity index is 2.94. The Morgan fingerprint density at radius 1 is 1.44 bits per heavy atom. The van der Waals surface area contributed by atoms with Gasteiger partial charge in [0.15, 0.2) is 0 Å². The van der Waals surface area contributed by atoms with Crippen LogP contribution < -0.4 is 0 Å². The van der Waals surface area contributed by atoms with E-state index in [2.05, 4.69) is 6.26 Å². The van der Waals surface area contributed by atoms with Gasteiger partial charge >= 0.3 is 0 Å². The Kier molecular flexibility index (Phi) is 2.43. The molecule has 0 fully saturated rings. The highest BCUT2D eigenvalue weighted by Gasteiger charge is 1.88. The molecule has 9 heavy (non-hydrogen) atoms. The Morgan fingerprint density at radius 3 is 2.67 bits per heavy atom. The third kappa shape index (κ3) is 1.92. The van der Waals surface area contributed by atoms with Crippen LogP contribution >= 0.6 is 23.4 Å². The first-order valence-corrected chi connectivity index (χ1v) is 3.87. The van der Waals surface area contributed by atoms with Crippen molar-refractivity contribution >= 4 is 23.4 Å². The smallest absolute Gasteiger partial charge is 0.0417 e. The molecule has 0 N–H and O–H groups in total. The van der Waals surface area contributed by atoms with Gasteiger partial charge in [-0.3, -0.25) is 0 Å². The van der Waals surface area contributed by atoms with Crippen LogP contribution in [0.5, 0.6) is 0 Å². The lowest BCUT2D eigenvalue weighted by Crippen LogP contribution is -1.65. The van der Waals surface area contributed by atoms with Gasteiger partial charge in [-0.25, -0.2) is 0 Å². The molecule has 1 radical (unpaired) electrons. The molecule has 1 aromatic rings. The van der Waals surface area contributed by atoms with Crippen LogP contribution in [0.15, 0.2) is 29.2 Å². The van der Waals surface area contributed by atoms with Crippen molar-refractivity contribution in [3.05, 3.63) is 35.5 Å². The third-order valence-corrected chi connectivity index (χ3v) is 1.79. The summed E-state index contributed by atoms with van der Waals surface area (Å²) in [5.74, 6) is 0. The fourth-order valence-electron chi connectivity index (χ4n) is 0.557. The topological polar surface area (TPSA) is 0 Å². The predicted molar refractivity (Wildman–Crippen MR) is 42.7 cm³/mol. The molecular weight excluding hydrogens is 152 g/mol. The molecule has 0 saturated carbocycles. The molecule has 0 aliphatic carbocycles. The van der Waals surface area contributed by atoms with E-state index in [-0.39, 0.29) is 0 Å². The summed E-state index contributed by atoms with van der Waals surface area (Å²) in [6.45, 7) is 0. The largest absolute Gasteiger partial charge is 0.125 e. The normalized spacial score (nSPS) is 9.56. The number of hydrogen-bond acceptors (Lipinski definition) is 1. The van der Waals surface area contributed by atoms with E-state index in [1.807, 2.05) is 24.3 Å². The van der Waals surface area contributed by atoms with Crippen LogP contribution in [0.3, 0.4) is 0 Å². The van der Waals surface area contributed by atoms with Crippen molar-refractivity contribution in [3.63, 3.8) is 0 Å². The van der Waals surface area contributed by atoms with Crippen molar-refractivity contribution in [3.8, 4) is 0 Å². The Labute approximate surface area is 64.2 Å². The Hall–Kier alpha value is -0.140. The minimum atomic E-state index is 0.767. The summed E-state index contributed by atoms with van der Waals surface area (Å²) in [7, 11) is 0. The van der Waals surface area contributed by atoms with E-state index in [0.717, 1.165) is 9.92 Å². The zero-order chi connectivity index (χ0) is 6.69. The lowest BCUT2D eigenvalue weighted by atomic mass is 10.4. The first kappa shape index (κ1) is 6.97. The van der Waals surface area contributed by atoms with E-state index >= 15 is 0 Å². The summed E-state index contributed by atoms with van der Waals surface area (Å²) in [4.78, 5) is 1.10. The molecule has 2 heteroatoms. The van der Waals surface area contributed by atoms with Gasteiger partial charge in [0, 0.05) is 16.2 Å². The zero-order valence-electron chi connectivity index (χ0n) is 4.80. The van der Waals surface area contributed by atoms with Crippen molar-refractivity contribution in [1.29, 1.82) is 0 Å². The van der Waals surface area contributed by atoms with Gasteiger partial charge in [-0.15, -0.1) is 11.8 Å². The average molecular weight is 158 g/mol. The molecule has 1 rings (SSSR count). The number of benzene rings is 1.